The molecule has 0 atom stereocenters. The molecule has 3 N–H and O–H groups in total. The molecular weight excluding hydrogens is 484 g/mol. The molecule has 8 nitrogen and oxygen atoms in total. The molecule has 2 amide bonds. The molecule has 37 heavy (non-hydrogen) atoms. The quantitative estimate of drug-likeness (QED) is 0.313. The van der Waals surface area contributed by atoms with Gasteiger partial charge >= 0.3 is 0 Å². The minimum atomic E-state index is -1.12. The zero-order chi connectivity index (χ0) is 26.9. The first-order valence-corrected chi connectivity index (χ1v) is 11.3. The molecule has 0 saturated heterocycles. The van der Waals surface area contributed by atoms with E-state index in [1.807, 2.05) is 0 Å². The minimum Gasteiger partial charge on any atom is -0.504 e. The van der Waals surface area contributed by atoms with E-state index >= 15 is 0 Å². The summed E-state index contributed by atoms with van der Waals surface area (Å²) in [6.07, 6.45) is 2.32. The number of phenolic OH excluding ortho intramolecular Hbond substituents is 1. The Balaban J connectivity index is 1.30. The van der Waals surface area contributed by atoms with E-state index in [1.54, 1.807) is 6.07 Å². The van der Waals surface area contributed by atoms with Crippen LogP contribution in [0.4, 0.5) is 14.5 Å². The second-order valence-electron chi connectivity index (χ2n) is 8.57. The number of carbonyl (C=O) groups excluding carboxylic acids is 2. The number of hydrogen-bond acceptors (Lipinski definition) is 6. The van der Waals surface area contributed by atoms with E-state index in [0.717, 1.165) is 18.2 Å². The predicted octanol–water partition coefficient (Wildman–Crippen LogP) is 4.92. The van der Waals surface area contributed by atoms with Crippen molar-refractivity contribution < 1.29 is 33.0 Å². The first-order chi connectivity index (χ1) is 18.3. The molecule has 5 rings (SSSR count). The number of rotatable bonds is 8. The number of aromatic hydroxyl groups is 1. The number of carbonyl (C=O) groups is 2. The predicted molar refractivity (Wildman–Crippen MR) is 131 cm³/mol. The first kappa shape index (κ1) is 22.7. The lowest BCUT2D eigenvalue weighted by Gasteiger charge is -2.18. The van der Waals surface area contributed by atoms with Gasteiger partial charge in [0, 0.05) is 35.0 Å². The van der Waals surface area contributed by atoms with Crippen molar-refractivity contribution in [1.82, 2.24) is 10.3 Å². The van der Waals surface area contributed by atoms with Crippen LogP contribution in [0.1, 0.15) is 23.2 Å². The highest BCUT2D eigenvalue weighted by molar-refractivity contribution is 6.05. The highest BCUT2D eigenvalue weighted by atomic mass is 19.1. The fraction of sp³-hybridized carbons (Fsp3) is 0.148. The molecule has 1 aliphatic rings. The van der Waals surface area contributed by atoms with Crippen LogP contribution >= 0.6 is 0 Å². The Labute approximate surface area is 211 Å². The standard InChI is InChI=1S/C27H21F2N3O5/c1-36-24-14-20-18(13-21(24)33)22(8-11-30-20)37-23-7-6-17(12-19(23)29)31-26(35)27(9-10-27)32-25(34)15-2-4-16(28)5-3-15/h2-8,11-14,33H,9-10H2,1H3,(H,31,35)(H,32,34)/i/hD. The zero-order valence-corrected chi connectivity index (χ0v) is 19.5. The second kappa shape index (κ2) is 9.38. The number of anilines is 1. The number of pyridine rings is 1. The zero-order valence-electron chi connectivity index (χ0n) is 20.5. The van der Waals surface area contributed by atoms with Gasteiger partial charge in [-0.2, -0.15) is 0 Å². The molecule has 1 saturated carbocycles. The maximum atomic E-state index is 15.0. The van der Waals surface area contributed by atoms with E-state index in [0.29, 0.717) is 29.5 Å². The smallest absolute Gasteiger partial charge is 0.293 e. The van der Waals surface area contributed by atoms with Gasteiger partial charge in [-0.05, 0) is 61.4 Å². The van der Waals surface area contributed by atoms with Crippen molar-refractivity contribution in [2.75, 3.05) is 12.4 Å². The number of ether oxygens (including phenoxy) is 2. The van der Waals surface area contributed by atoms with Crippen molar-refractivity contribution in [2.45, 2.75) is 18.4 Å². The fourth-order valence-electron chi connectivity index (χ4n) is 3.83. The van der Waals surface area contributed by atoms with Gasteiger partial charge in [-0.1, -0.05) is 0 Å². The maximum absolute atomic E-state index is 15.0. The summed E-state index contributed by atoms with van der Waals surface area (Å²) in [5, 5.41) is 10.4. The van der Waals surface area contributed by atoms with Gasteiger partial charge in [0.05, 0.1) is 12.6 Å². The van der Waals surface area contributed by atoms with Crippen molar-refractivity contribution in [3.63, 3.8) is 0 Å². The Morgan fingerprint density at radius 3 is 2.49 bits per heavy atom. The number of fused-ring (bicyclic) bond motifs is 1. The van der Waals surface area contributed by atoms with Crippen LogP contribution in [0.5, 0.6) is 23.0 Å². The number of amides is 2. The minimum absolute atomic E-state index is 0.106. The molecule has 0 radical (unpaired) electrons. The van der Waals surface area contributed by atoms with Crippen LogP contribution in [0.2, 0.25) is 0 Å². The SMILES string of the molecule is [2H]Oc1cc2c(Oc3ccc(NC(=O)C4(NC(=O)c5ccc(F)cc5)CC4)cc3F)ccnc2cc1OC. The van der Waals surface area contributed by atoms with Gasteiger partial charge in [0.15, 0.2) is 23.1 Å². The Hall–Kier alpha value is -4.73. The lowest BCUT2D eigenvalue weighted by Crippen LogP contribution is -2.46. The summed E-state index contributed by atoms with van der Waals surface area (Å²) < 4.78 is 46.3. The van der Waals surface area contributed by atoms with Gasteiger partial charge in [-0.25, -0.2) is 8.78 Å². The summed E-state index contributed by atoms with van der Waals surface area (Å²) in [5.41, 5.74) is -0.231. The van der Waals surface area contributed by atoms with Gasteiger partial charge < -0.3 is 25.2 Å². The van der Waals surface area contributed by atoms with Crippen molar-refractivity contribution in [1.29, 1.82) is 1.43 Å². The summed E-state index contributed by atoms with van der Waals surface area (Å²) in [7, 11) is 1.43. The largest absolute Gasteiger partial charge is 0.504 e. The lowest BCUT2D eigenvalue weighted by molar-refractivity contribution is -0.118. The molecule has 1 fully saturated rings. The molecule has 0 bridgehead atoms. The van der Waals surface area contributed by atoms with E-state index in [4.69, 9.17) is 10.9 Å². The van der Waals surface area contributed by atoms with Crippen LogP contribution in [-0.2, 0) is 4.79 Å². The molecule has 1 aromatic heterocycles. The molecule has 1 aliphatic carbocycles. The lowest BCUT2D eigenvalue weighted by atomic mass is 10.1. The summed E-state index contributed by atoms with van der Waals surface area (Å²) in [6.45, 7) is 0. The summed E-state index contributed by atoms with van der Waals surface area (Å²) >= 11 is 0. The number of benzene rings is 3. The molecular formula is C27H21F2N3O5. The topological polar surface area (TPSA) is 110 Å². The number of aromatic nitrogens is 1. The van der Waals surface area contributed by atoms with Crippen LogP contribution in [0, 0.1) is 11.6 Å². The fourth-order valence-corrected chi connectivity index (χ4v) is 3.83. The number of nitrogens with zero attached hydrogens (tertiary/aromatic N) is 1. The molecule has 1 heterocycles. The van der Waals surface area contributed by atoms with Crippen molar-refractivity contribution in [3.05, 3.63) is 84.1 Å². The Morgan fingerprint density at radius 2 is 1.81 bits per heavy atom. The molecule has 10 heteroatoms. The number of halogens is 2. The average Bonchev–Trinajstić information content (AvgIpc) is 3.70. The Bertz CT molecular complexity index is 1540. The summed E-state index contributed by atoms with van der Waals surface area (Å²) in [4.78, 5) is 29.6. The highest BCUT2D eigenvalue weighted by Gasteiger charge is 2.51. The number of phenols is 1. The van der Waals surface area contributed by atoms with E-state index in [2.05, 4.69) is 20.7 Å². The van der Waals surface area contributed by atoms with Gasteiger partial charge in [-0.3, -0.25) is 14.6 Å². The number of methoxy groups -OCH3 is 1. The van der Waals surface area contributed by atoms with Crippen molar-refractivity contribution in [2.24, 2.45) is 0 Å². The summed E-state index contributed by atoms with van der Waals surface area (Å²) in [6, 6.07) is 13.5. The van der Waals surface area contributed by atoms with E-state index < -0.39 is 29.0 Å². The summed E-state index contributed by atoms with van der Waals surface area (Å²) in [5.74, 6) is -1.59. The van der Waals surface area contributed by atoms with Gasteiger partial charge in [0.25, 0.3) is 7.34 Å². The van der Waals surface area contributed by atoms with Gasteiger partial charge in [0.1, 0.15) is 17.1 Å². The van der Waals surface area contributed by atoms with Crippen LogP contribution in [0.3, 0.4) is 0 Å². The second-order valence-corrected chi connectivity index (χ2v) is 8.57. The van der Waals surface area contributed by atoms with Crippen LogP contribution in [0.15, 0.2) is 66.9 Å². The average molecular weight is 506 g/mol. The Kier molecular flexibility index (Phi) is 5.76. The van der Waals surface area contributed by atoms with E-state index in [-0.39, 0.29) is 28.5 Å². The molecule has 3 aromatic carbocycles. The third-order valence-corrected chi connectivity index (χ3v) is 6.04. The maximum Gasteiger partial charge on any atom is 0.293 e. The Morgan fingerprint density at radius 1 is 1.03 bits per heavy atom. The molecule has 0 unspecified atom stereocenters. The normalized spacial score (nSPS) is 13.9. The van der Waals surface area contributed by atoms with Crippen molar-refractivity contribution in [3.8, 4) is 23.0 Å². The molecule has 0 spiro atoms. The van der Waals surface area contributed by atoms with Crippen LogP contribution in [0.25, 0.3) is 10.9 Å². The van der Waals surface area contributed by atoms with Crippen molar-refractivity contribution >= 4 is 28.4 Å². The molecule has 4 aromatic rings. The third kappa shape index (κ3) is 4.86. The van der Waals surface area contributed by atoms with Gasteiger partial charge in [0.2, 0.25) is 5.91 Å². The number of nitrogens with one attached hydrogen (secondary N) is 2. The van der Waals surface area contributed by atoms with E-state index in [1.165, 1.54) is 49.7 Å². The van der Waals surface area contributed by atoms with Gasteiger partial charge in [-0.15, -0.1) is 0 Å². The highest BCUT2D eigenvalue weighted by Crippen LogP contribution is 2.39. The molecule has 188 valence electrons. The van der Waals surface area contributed by atoms with Crippen LogP contribution < -0.4 is 20.1 Å². The third-order valence-electron chi connectivity index (χ3n) is 6.04. The first-order valence-electron chi connectivity index (χ1n) is 11.7. The van der Waals surface area contributed by atoms with E-state index in [9.17, 15) is 18.4 Å². The van der Waals surface area contributed by atoms with Crippen LogP contribution in [-0.4, -0.2) is 36.0 Å². The number of hydrogen-bond donors (Lipinski definition) is 3. The molecule has 0 aliphatic heterocycles. The monoisotopic (exact) mass is 506 g/mol.